The monoisotopic (exact) mass is 518 g/mol. The van der Waals surface area contributed by atoms with Crippen LogP contribution in [-0.4, -0.2) is 24.1 Å². The van der Waals surface area contributed by atoms with Gasteiger partial charge in [-0.3, -0.25) is 0 Å². The third-order valence-electron chi connectivity index (χ3n) is 9.16. The third kappa shape index (κ3) is 4.21. The molecule has 2 aliphatic carbocycles. The molecule has 0 unspecified atom stereocenters. The summed E-state index contributed by atoms with van der Waals surface area (Å²) in [6.07, 6.45) is 9.49. The van der Waals surface area contributed by atoms with Crippen LogP contribution in [0.2, 0.25) is 0 Å². The Bertz CT molecular complexity index is 1680. The lowest BCUT2D eigenvalue weighted by atomic mass is 9.87. The Morgan fingerprint density at radius 3 is 1.49 bits per heavy atom. The Morgan fingerprint density at radius 1 is 0.538 bits per heavy atom. The predicted molar refractivity (Wildman–Crippen MR) is 157 cm³/mol. The molecule has 0 saturated heterocycles. The van der Waals surface area contributed by atoms with E-state index in [-0.39, 0.29) is 24.1 Å². The van der Waals surface area contributed by atoms with Crippen molar-refractivity contribution in [2.45, 2.75) is 76.9 Å². The van der Waals surface area contributed by atoms with E-state index in [0.717, 1.165) is 94.5 Å². The number of esters is 2. The van der Waals surface area contributed by atoms with E-state index in [4.69, 9.17) is 9.47 Å². The van der Waals surface area contributed by atoms with Crippen LogP contribution in [0.15, 0.2) is 60.7 Å². The van der Waals surface area contributed by atoms with Gasteiger partial charge < -0.3 is 9.47 Å². The normalized spacial score (nSPS) is 20.6. The third-order valence-corrected chi connectivity index (χ3v) is 9.16. The summed E-state index contributed by atoms with van der Waals surface area (Å²) >= 11 is 0. The van der Waals surface area contributed by atoms with Gasteiger partial charge >= 0.3 is 11.9 Å². The molecule has 7 rings (SSSR count). The summed E-state index contributed by atoms with van der Waals surface area (Å²) < 4.78 is 12.0. The fraction of sp³-hybridized carbons (Fsp3) is 0.371. The molecule has 2 fully saturated rings. The molecule has 0 bridgehead atoms. The smallest absolute Gasteiger partial charge is 0.339 e. The van der Waals surface area contributed by atoms with Gasteiger partial charge in [-0.15, -0.1) is 0 Å². The molecular weight excluding hydrogens is 484 g/mol. The predicted octanol–water partition coefficient (Wildman–Crippen LogP) is 8.96. The Morgan fingerprint density at radius 2 is 0.974 bits per heavy atom. The zero-order chi connectivity index (χ0) is 26.5. The van der Waals surface area contributed by atoms with Gasteiger partial charge in [-0.2, -0.15) is 0 Å². The van der Waals surface area contributed by atoms with Gasteiger partial charge in [0.05, 0.1) is 11.1 Å². The van der Waals surface area contributed by atoms with Crippen LogP contribution in [-0.2, 0) is 9.47 Å². The summed E-state index contributed by atoms with van der Waals surface area (Å²) in [5, 5.41) is 8.31. The summed E-state index contributed by atoms with van der Waals surface area (Å²) in [6.45, 7) is 2.27. The fourth-order valence-electron chi connectivity index (χ4n) is 7.03. The van der Waals surface area contributed by atoms with E-state index in [1.54, 1.807) is 0 Å². The molecule has 0 aromatic heterocycles. The summed E-state index contributed by atoms with van der Waals surface area (Å²) in [4.78, 5) is 26.7. The highest BCUT2D eigenvalue weighted by atomic mass is 16.5. The van der Waals surface area contributed by atoms with E-state index < -0.39 is 0 Å². The van der Waals surface area contributed by atoms with Crippen LogP contribution in [0.25, 0.3) is 43.1 Å². The first-order valence-corrected chi connectivity index (χ1v) is 14.6. The molecular formula is C35H34O4. The maximum Gasteiger partial charge on any atom is 0.339 e. The number of carbonyl (C=O) groups is 2. The minimum Gasteiger partial charge on any atom is -0.459 e. The van der Waals surface area contributed by atoms with Gasteiger partial charge in [0.2, 0.25) is 0 Å². The van der Waals surface area contributed by atoms with E-state index in [1.807, 2.05) is 36.4 Å². The van der Waals surface area contributed by atoms with Crippen molar-refractivity contribution in [2.24, 2.45) is 5.92 Å². The quantitative estimate of drug-likeness (QED) is 0.135. The van der Waals surface area contributed by atoms with Crippen LogP contribution in [0.5, 0.6) is 0 Å². The van der Waals surface area contributed by atoms with Crippen molar-refractivity contribution < 1.29 is 19.1 Å². The zero-order valence-corrected chi connectivity index (χ0v) is 22.5. The highest BCUT2D eigenvalue weighted by molar-refractivity contribution is 6.35. The van der Waals surface area contributed by atoms with Crippen molar-refractivity contribution >= 4 is 55.0 Å². The minimum absolute atomic E-state index is 0.000719. The Hall–Kier alpha value is -3.66. The Kier molecular flexibility index (Phi) is 6.14. The second-order valence-corrected chi connectivity index (χ2v) is 11.7. The van der Waals surface area contributed by atoms with Gasteiger partial charge in [-0.05, 0) is 113 Å². The minimum atomic E-state index is -0.233. The number of ether oxygens (including phenoxy) is 2. The molecule has 5 aromatic carbocycles. The lowest BCUT2D eigenvalue weighted by molar-refractivity contribution is 0.0174. The SMILES string of the molecule is CC1CCC(OC(=O)c2ccc3c4cccc5c(C(=O)OC6CCCCC6)ccc(c6cccc2c63)c54)CC1. The first-order valence-electron chi connectivity index (χ1n) is 14.6. The van der Waals surface area contributed by atoms with Crippen LogP contribution >= 0.6 is 0 Å². The fourth-order valence-corrected chi connectivity index (χ4v) is 7.03. The first-order chi connectivity index (χ1) is 19.1. The van der Waals surface area contributed by atoms with E-state index in [9.17, 15) is 9.59 Å². The van der Waals surface area contributed by atoms with Crippen molar-refractivity contribution in [3.63, 3.8) is 0 Å². The van der Waals surface area contributed by atoms with Gasteiger partial charge in [0.1, 0.15) is 12.2 Å². The lowest BCUT2D eigenvalue weighted by Gasteiger charge is -2.26. The van der Waals surface area contributed by atoms with Crippen molar-refractivity contribution in [2.75, 3.05) is 0 Å². The zero-order valence-electron chi connectivity index (χ0n) is 22.5. The first kappa shape index (κ1) is 24.4. The van der Waals surface area contributed by atoms with E-state index in [1.165, 1.54) is 6.42 Å². The summed E-state index contributed by atoms with van der Waals surface area (Å²) in [5.74, 6) is 0.241. The van der Waals surface area contributed by atoms with Crippen molar-refractivity contribution in [1.29, 1.82) is 0 Å². The molecule has 0 N–H and O–H groups in total. The highest BCUT2D eigenvalue weighted by Crippen LogP contribution is 2.42. The molecule has 0 spiro atoms. The number of hydrogen-bond donors (Lipinski definition) is 0. The maximum absolute atomic E-state index is 13.4. The molecule has 0 aliphatic heterocycles. The summed E-state index contributed by atoms with van der Waals surface area (Å²) in [5.41, 5.74) is 1.25. The molecule has 0 atom stereocenters. The summed E-state index contributed by atoms with van der Waals surface area (Å²) in [6, 6.07) is 20.3. The molecule has 0 heterocycles. The lowest BCUT2D eigenvalue weighted by Crippen LogP contribution is -2.23. The average molecular weight is 519 g/mol. The van der Waals surface area contributed by atoms with Gasteiger partial charge in [-0.25, -0.2) is 9.59 Å². The van der Waals surface area contributed by atoms with E-state index in [0.29, 0.717) is 17.0 Å². The molecule has 4 nitrogen and oxygen atoms in total. The number of benzene rings is 5. The molecule has 39 heavy (non-hydrogen) atoms. The van der Waals surface area contributed by atoms with Crippen LogP contribution in [0.1, 0.15) is 85.4 Å². The topological polar surface area (TPSA) is 52.6 Å². The van der Waals surface area contributed by atoms with E-state index in [2.05, 4.69) is 31.2 Å². The van der Waals surface area contributed by atoms with Crippen LogP contribution in [0, 0.1) is 5.92 Å². The Balaban J connectivity index is 1.34. The van der Waals surface area contributed by atoms with Crippen LogP contribution in [0.3, 0.4) is 0 Å². The molecule has 0 amide bonds. The van der Waals surface area contributed by atoms with Gasteiger partial charge in [0, 0.05) is 0 Å². The number of fused-ring (bicyclic) bond motifs is 2. The molecule has 5 aromatic rings. The molecule has 4 heteroatoms. The van der Waals surface area contributed by atoms with Gasteiger partial charge in [0.15, 0.2) is 0 Å². The number of carbonyl (C=O) groups excluding carboxylic acids is 2. The standard InChI is InChI=1S/C35H34O4/c1-21-13-15-23(16-14-21)39-35(37)31-20-18-29-24-9-5-11-26-30(34(36)38-22-7-3-2-4-8-22)19-17-28(32(24)26)25-10-6-12-27(31)33(25)29/h5-6,9-12,17-23H,2-4,7-8,13-16H2,1H3. The molecule has 198 valence electrons. The van der Waals surface area contributed by atoms with Crippen molar-refractivity contribution in [3.8, 4) is 0 Å². The van der Waals surface area contributed by atoms with Crippen LogP contribution < -0.4 is 0 Å². The van der Waals surface area contributed by atoms with E-state index >= 15 is 0 Å². The van der Waals surface area contributed by atoms with Gasteiger partial charge in [0.25, 0.3) is 0 Å². The second-order valence-electron chi connectivity index (χ2n) is 11.7. The van der Waals surface area contributed by atoms with Crippen LogP contribution in [0.4, 0.5) is 0 Å². The molecule has 2 saturated carbocycles. The average Bonchev–Trinajstić information content (AvgIpc) is 2.97. The molecule has 0 radical (unpaired) electrons. The number of hydrogen-bond acceptors (Lipinski definition) is 4. The highest BCUT2D eigenvalue weighted by Gasteiger charge is 2.25. The molecule has 2 aliphatic rings. The Labute approximate surface area is 228 Å². The maximum atomic E-state index is 13.4. The number of rotatable bonds is 4. The van der Waals surface area contributed by atoms with Gasteiger partial charge in [-0.1, -0.05) is 61.9 Å². The largest absolute Gasteiger partial charge is 0.459 e. The van der Waals surface area contributed by atoms with Crippen molar-refractivity contribution in [1.82, 2.24) is 0 Å². The summed E-state index contributed by atoms with van der Waals surface area (Å²) in [7, 11) is 0. The second kappa shape index (κ2) is 9.82. The van der Waals surface area contributed by atoms with Crippen molar-refractivity contribution in [3.05, 3.63) is 71.8 Å².